The second-order valence-electron chi connectivity index (χ2n) is 6.41. The van der Waals surface area contributed by atoms with Crippen LogP contribution in [0.3, 0.4) is 0 Å². The standard InChI is InChI=1S/C15H27N3O3/c1-9(8-16-14(19)20-15(5,6)7)17-10(2)13-11(3)18-21-12(13)4/h9-10,17H,8H2,1-7H3,(H,16,19). The normalized spacial score (nSPS) is 14.6. The Labute approximate surface area is 126 Å². The molecule has 1 rings (SSSR count). The van der Waals surface area contributed by atoms with E-state index in [-0.39, 0.29) is 12.1 Å². The number of amides is 1. The minimum absolute atomic E-state index is 0.0984. The van der Waals surface area contributed by atoms with Gasteiger partial charge in [0.15, 0.2) is 0 Å². The maximum Gasteiger partial charge on any atom is 0.407 e. The van der Waals surface area contributed by atoms with Crippen LogP contribution in [0.5, 0.6) is 0 Å². The van der Waals surface area contributed by atoms with Crippen molar-refractivity contribution in [2.45, 2.75) is 66.2 Å². The molecule has 0 radical (unpaired) electrons. The van der Waals surface area contributed by atoms with Crippen LogP contribution in [0.1, 0.15) is 57.7 Å². The minimum Gasteiger partial charge on any atom is -0.444 e. The zero-order chi connectivity index (χ0) is 16.2. The molecule has 2 atom stereocenters. The average molecular weight is 297 g/mol. The topological polar surface area (TPSA) is 76.4 Å². The summed E-state index contributed by atoms with van der Waals surface area (Å²) in [6, 6.07) is 0.202. The lowest BCUT2D eigenvalue weighted by Gasteiger charge is -2.23. The van der Waals surface area contributed by atoms with Crippen LogP contribution in [0.4, 0.5) is 4.79 Å². The van der Waals surface area contributed by atoms with E-state index in [0.717, 1.165) is 17.0 Å². The van der Waals surface area contributed by atoms with Crippen LogP contribution in [0.15, 0.2) is 4.52 Å². The average Bonchev–Trinajstić information content (AvgIpc) is 2.64. The summed E-state index contributed by atoms with van der Waals surface area (Å²) in [5, 5.41) is 10.1. The molecule has 0 saturated heterocycles. The molecule has 0 fully saturated rings. The van der Waals surface area contributed by atoms with Crippen LogP contribution in [0.2, 0.25) is 0 Å². The van der Waals surface area contributed by atoms with Crippen LogP contribution >= 0.6 is 0 Å². The van der Waals surface area contributed by atoms with Gasteiger partial charge in [-0.1, -0.05) is 5.16 Å². The number of carbonyl (C=O) groups is 1. The first-order valence-electron chi connectivity index (χ1n) is 7.26. The van der Waals surface area contributed by atoms with E-state index < -0.39 is 11.7 Å². The van der Waals surface area contributed by atoms with E-state index in [0.29, 0.717) is 6.54 Å². The van der Waals surface area contributed by atoms with Gasteiger partial charge in [0.25, 0.3) is 0 Å². The summed E-state index contributed by atoms with van der Waals surface area (Å²) in [7, 11) is 0. The Balaban J connectivity index is 2.44. The molecular formula is C15H27N3O3. The van der Waals surface area contributed by atoms with Crippen LogP contribution in [0.25, 0.3) is 0 Å². The summed E-state index contributed by atoms with van der Waals surface area (Å²) < 4.78 is 10.4. The van der Waals surface area contributed by atoms with Crippen molar-refractivity contribution in [2.75, 3.05) is 6.54 Å². The molecule has 0 aromatic carbocycles. The fourth-order valence-electron chi connectivity index (χ4n) is 2.23. The summed E-state index contributed by atoms with van der Waals surface area (Å²) in [5.74, 6) is 0.819. The Morgan fingerprint density at radius 3 is 2.43 bits per heavy atom. The van der Waals surface area contributed by atoms with Gasteiger partial charge in [0.05, 0.1) is 5.69 Å². The van der Waals surface area contributed by atoms with Gasteiger partial charge in [-0.2, -0.15) is 0 Å². The zero-order valence-electron chi connectivity index (χ0n) is 14.0. The Morgan fingerprint density at radius 1 is 1.33 bits per heavy atom. The van der Waals surface area contributed by atoms with E-state index in [2.05, 4.69) is 22.7 Å². The molecule has 0 spiro atoms. The maximum absolute atomic E-state index is 11.6. The van der Waals surface area contributed by atoms with Gasteiger partial charge in [0, 0.05) is 24.2 Å². The van der Waals surface area contributed by atoms with Crippen LogP contribution in [0, 0.1) is 13.8 Å². The lowest BCUT2D eigenvalue weighted by Crippen LogP contribution is -2.42. The highest BCUT2D eigenvalue weighted by Crippen LogP contribution is 2.21. The third-order valence-corrected chi connectivity index (χ3v) is 3.01. The Morgan fingerprint density at radius 2 is 1.95 bits per heavy atom. The number of nitrogens with one attached hydrogen (secondary N) is 2. The molecule has 0 saturated carbocycles. The van der Waals surface area contributed by atoms with E-state index in [4.69, 9.17) is 9.26 Å². The van der Waals surface area contributed by atoms with Crippen LogP contribution < -0.4 is 10.6 Å². The number of hydrogen-bond acceptors (Lipinski definition) is 5. The molecule has 1 aromatic rings. The molecule has 1 amide bonds. The fourth-order valence-corrected chi connectivity index (χ4v) is 2.23. The molecule has 6 nitrogen and oxygen atoms in total. The summed E-state index contributed by atoms with van der Waals surface area (Å²) in [5.41, 5.74) is 1.48. The van der Waals surface area contributed by atoms with Crippen LogP contribution in [-0.4, -0.2) is 29.4 Å². The molecule has 2 N–H and O–H groups in total. The fraction of sp³-hybridized carbons (Fsp3) is 0.733. The summed E-state index contributed by atoms with van der Waals surface area (Å²) in [6.45, 7) is 13.9. The van der Waals surface area contributed by atoms with Gasteiger partial charge in [-0.05, 0) is 48.5 Å². The third kappa shape index (κ3) is 5.75. The number of nitrogens with zero attached hydrogens (tertiary/aromatic N) is 1. The van der Waals surface area contributed by atoms with Gasteiger partial charge in [-0.15, -0.1) is 0 Å². The Hall–Kier alpha value is -1.56. The third-order valence-electron chi connectivity index (χ3n) is 3.01. The number of hydrogen-bond donors (Lipinski definition) is 2. The summed E-state index contributed by atoms with van der Waals surface area (Å²) >= 11 is 0. The summed E-state index contributed by atoms with van der Waals surface area (Å²) in [4.78, 5) is 11.6. The quantitative estimate of drug-likeness (QED) is 0.874. The first-order chi connectivity index (χ1) is 9.60. The highest BCUT2D eigenvalue weighted by Gasteiger charge is 2.19. The number of alkyl carbamates (subject to hydrolysis) is 1. The molecular weight excluding hydrogens is 270 g/mol. The van der Waals surface area contributed by atoms with E-state index in [9.17, 15) is 4.79 Å². The molecule has 1 aromatic heterocycles. The Kier molecular flexibility index (Phi) is 5.78. The predicted octanol–water partition coefficient (Wildman–Crippen LogP) is 2.86. The zero-order valence-corrected chi connectivity index (χ0v) is 14.0. The van der Waals surface area contributed by atoms with E-state index >= 15 is 0 Å². The van der Waals surface area contributed by atoms with Gasteiger partial charge in [-0.25, -0.2) is 4.79 Å². The van der Waals surface area contributed by atoms with Crippen molar-refractivity contribution in [2.24, 2.45) is 0 Å². The molecule has 0 aliphatic carbocycles. The van der Waals surface area contributed by atoms with Crippen molar-refractivity contribution >= 4 is 6.09 Å². The molecule has 2 unspecified atom stereocenters. The second-order valence-corrected chi connectivity index (χ2v) is 6.41. The highest BCUT2D eigenvalue weighted by molar-refractivity contribution is 5.67. The molecule has 21 heavy (non-hydrogen) atoms. The predicted molar refractivity (Wildman–Crippen MR) is 81.2 cm³/mol. The monoisotopic (exact) mass is 297 g/mol. The molecule has 0 aliphatic rings. The number of rotatable bonds is 5. The Bertz CT molecular complexity index is 457. The number of aromatic nitrogens is 1. The van der Waals surface area contributed by atoms with Crippen molar-refractivity contribution in [1.82, 2.24) is 15.8 Å². The number of carbonyl (C=O) groups excluding carboxylic acids is 1. The van der Waals surface area contributed by atoms with Gasteiger partial charge in [0.1, 0.15) is 11.4 Å². The molecule has 0 bridgehead atoms. The molecule has 1 heterocycles. The van der Waals surface area contributed by atoms with Crippen molar-refractivity contribution < 1.29 is 14.1 Å². The number of ether oxygens (including phenoxy) is 1. The molecule has 0 aliphatic heterocycles. The largest absolute Gasteiger partial charge is 0.444 e. The van der Waals surface area contributed by atoms with E-state index in [1.54, 1.807) is 0 Å². The van der Waals surface area contributed by atoms with Crippen molar-refractivity contribution in [1.29, 1.82) is 0 Å². The maximum atomic E-state index is 11.6. The second kappa shape index (κ2) is 6.93. The van der Waals surface area contributed by atoms with Gasteiger partial charge < -0.3 is 19.9 Å². The highest BCUT2D eigenvalue weighted by atomic mass is 16.6. The van der Waals surface area contributed by atoms with Crippen molar-refractivity contribution in [3.05, 3.63) is 17.0 Å². The van der Waals surface area contributed by atoms with Gasteiger partial charge in [0.2, 0.25) is 0 Å². The molecule has 6 heteroatoms. The summed E-state index contributed by atoms with van der Waals surface area (Å²) in [6.07, 6.45) is -0.402. The van der Waals surface area contributed by atoms with Crippen molar-refractivity contribution in [3.63, 3.8) is 0 Å². The SMILES string of the molecule is Cc1noc(C)c1C(C)NC(C)CNC(=O)OC(C)(C)C. The van der Waals surface area contributed by atoms with E-state index in [1.807, 2.05) is 41.5 Å². The first kappa shape index (κ1) is 17.5. The lowest BCUT2D eigenvalue weighted by molar-refractivity contribution is 0.0522. The van der Waals surface area contributed by atoms with E-state index in [1.165, 1.54) is 0 Å². The van der Waals surface area contributed by atoms with Crippen molar-refractivity contribution in [3.8, 4) is 0 Å². The van der Waals surface area contributed by atoms with Gasteiger partial charge >= 0.3 is 6.09 Å². The minimum atomic E-state index is -0.481. The molecule has 120 valence electrons. The van der Waals surface area contributed by atoms with Gasteiger partial charge in [-0.3, -0.25) is 0 Å². The smallest absolute Gasteiger partial charge is 0.407 e. The lowest BCUT2D eigenvalue weighted by atomic mass is 10.1. The van der Waals surface area contributed by atoms with Crippen LogP contribution in [-0.2, 0) is 4.74 Å². The first-order valence-corrected chi connectivity index (χ1v) is 7.26. The number of aryl methyl sites for hydroxylation is 2.